The van der Waals surface area contributed by atoms with Crippen molar-refractivity contribution in [3.8, 4) is 11.5 Å². The molecule has 0 spiro atoms. The van der Waals surface area contributed by atoms with Gasteiger partial charge in [-0.3, -0.25) is 4.79 Å². The van der Waals surface area contributed by atoms with Crippen LogP contribution in [0.2, 0.25) is 0 Å². The van der Waals surface area contributed by atoms with Crippen LogP contribution in [-0.4, -0.2) is 24.1 Å². The fourth-order valence-corrected chi connectivity index (χ4v) is 2.54. The zero-order chi connectivity index (χ0) is 12.3. The Hall–Kier alpha value is -1.36. The van der Waals surface area contributed by atoms with Gasteiger partial charge in [0.15, 0.2) is 0 Å². The lowest BCUT2D eigenvalue weighted by Crippen LogP contribution is -1.98. The van der Waals surface area contributed by atoms with Crippen molar-refractivity contribution >= 4 is 17.7 Å². The van der Waals surface area contributed by atoms with E-state index in [-0.39, 0.29) is 6.42 Å². The van der Waals surface area contributed by atoms with Crippen LogP contribution in [0.15, 0.2) is 17.0 Å². The van der Waals surface area contributed by atoms with Gasteiger partial charge in [0.05, 0.1) is 12.0 Å². The van der Waals surface area contributed by atoms with E-state index in [0.29, 0.717) is 18.8 Å². The van der Waals surface area contributed by atoms with Crippen molar-refractivity contribution in [1.82, 2.24) is 0 Å². The molecule has 0 saturated carbocycles. The maximum atomic E-state index is 10.5. The summed E-state index contributed by atoms with van der Waals surface area (Å²) in [6.45, 7) is 0. The molecule has 0 aromatic heterocycles. The van der Waals surface area contributed by atoms with Crippen molar-refractivity contribution in [2.45, 2.75) is 24.2 Å². The summed E-state index contributed by atoms with van der Waals surface area (Å²) >= 11 is 1.64. The van der Waals surface area contributed by atoms with Crippen LogP contribution in [0, 0.1) is 0 Å². The smallest absolute Gasteiger partial charge is 0.303 e. The summed E-state index contributed by atoms with van der Waals surface area (Å²) in [5.41, 5.74) is 1.01. The summed E-state index contributed by atoms with van der Waals surface area (Å²) in [5.74, 6) is 1.56. The third-order valence-electron chi connectivity index (χ3n) is 2.61. The van der Waals surface area contributed by atoms with Gasteiger partial charge in [0.1, 0.15) is 17.4 Å². The Bertz CT molecular complexity index is 431. The van der Waals surface area contributed by atoms with Crippen molar-refractivity contribution in [3.63, 3.8) is 0 Å². The molecule has 0 bridgehead atoms. The molecule has 1 aliphatic heterocycles. The first-order valence-corrected chi connectivity index (χ1v) is 6.37. The highest BCUT2D eigenvalue weighted by Gasteiger charge is 2.17. The molecule has 0 aliphatic carbocycles. The predicted molar refractivity (Wildman–Crippen MR) is 64.9 cm³/mol. The number of ether oxygens (including phenoxy) is 2. The van der Waals surface area contributed by atoms with E-state index >= 15 is 0 Å². The van der Waals surface area contributed by atoms with Crippen LogP contribution in [0.25, 0.3) is 0 Å². The Morgan fingerprint density at radius 1 is 1.59 bits per heavy atom. The first-order chi connectivity index (χ1) is 8.20. The second-order valence-corrected chi connectivity index (χ2v) is 4.73. The van der Waals surface area contributed by atoms with Crippen molar-refractivity contribution < 1.29 is 19.4 Å². The lowest BCUT2D eigenvalue weighted by molar-refractivity contribution is -0.137. The highest BCUT2D eigenvalue weighted by molar-refractivity contribution is 7.99. The van der Waals surface area contributed by atoms with Crippen molar-refractivity contribution in [2.24, 2.45) is 0 Å². The molecular weight excluding hydrogens is 240 g/mol. The molecule has 17 heavy (non-hydrogen) atoms. The number of carboxylic acid groups (broad SMARTS) is 1. The van der Waals surface area contributed by atoms with Crippen LogP contribution in [0.4, 0.5) is 0 Å². The Labute approximate surface area is 104 Å². The van der Waals surface area contributed by atoms with Crippen molar-refractivity contribution in [3.05, 3.63) is 17.7 Å². The lowest BCUT2D eigenvalue weighted by atomic mass is 10.1. The molecule has 0 amide bonds. The summed E-state index contributed by atoms with van der Waals surface area (Å²) in [5, 5.41) is 8.61. The molecule has 1 heterocycles. The molecule has 0 saturated heterocycles. The molecule has 1 aromatic carbocycles. The number of thioether (sulfide) groups is 1. The van der Waals surface area contributed by atoms with Gasteiger partial charge in [0.2, 0.25) is 0 Å². The van der Waals surface area contributed by atoms with Gasteiger partial charge in [-0.25, -0.2) is 0 Å². The molecular formula is C12H14O4S. The molecule has 1 N–H and O–H groups in total. The van der Waals surface area contributed by atoms with Gasteiger partial charge in [0, 0.05) is 6.42 Å². The topological polar surface area (TPSA) is 55.8 Å². The van der Waals surface area contributed by atoms with Gasteiger partial charge >= 0.3 is 5.97 Å². The lowest BCUT2D eigenvalue weighted by Gasteiger charge is -2.09. The van der Waals surface area contributed by atoms with E-state index in [9.17, 15) is 4.79 Å². The Kier molecular flexibility index (Phi) is 3.78. The van der Waals surface area contributed by atoms with E-state index in [1.165, 1.54) is 0 Å². The van der Waals surface area contributed by atoms with E-state index in [2.05, 4.69) is 0 Å². The molecule has 1 aromatic rings. The summed E-state index contributed by atoms with van der Waals surface area (Å²) in [7, 11) is 1.63. The van der Waals surface area contributed by atoms with Crippen LogP contribution in [0.3, 0.4) is 0 Å². The maximum absolute atomic E-state index is 10.5. The molecule has 5 heteroatoms. The number of carboxylic acids is 1. The zero-order valence-electron chi connectivity index (χ0n) is 9.56. The van der Waals surface area contributed by atoms with Gasteiger partial charge < -0.3 is 14.6 Å². The van der Waals surface area contributed by atoms with Gasteiger partial charge in [-0.2, -0.15) is 0 Å². The average Bonchev–Trinajstić information content (AvgIpc) is 2.74. The number of carbonyl (C=O) groups is 1. The van der Waals surface area contributed by atoms with Crippen molar-refractivity contribution in [2.75, 3.05) is 13.0 Å². The zero-order valence-corrected chi connectivity index (χ0v) is 10.4. The molecule has 92 valence electrons. The van der Waals surface area contributed by atoms with E-state index in [1.54, 1.807) is 18.9 Å². The largest absolute Gasteiger partial charge is 0.496 e. The monoisotopic (exact) mass is 254 g/mol. The van der Waals surface area contributed by atoms with Crippen LogP contribution in [-0.2, 0) is 11.2 Å². The minimum atomic E-state index is -0.767. The number of hydrogen-bond donors (Lipinski definition) is 1. The first kappa shape index (κ1) is 12.1. The third kappa shape index (κ3) is 2.85. The third-order valence-corrected chi connectivity index (χ3v) is 3.48. The number of methoxy groups -OCH3 is 1. The number of benzene rings is 1. The highest BCUT2D eigenvalue weighted by atomic mass is 32.2. The molecule has 0 radical (unpaired) electrons. The normalized spacial score (nSPS) is 13.0. The van der Waals surface area contributed by atoms with Gasteiger partial charge in [0.25, 0.3) is 0 Å². The van der Waals surface area contributed by atoms with Crippen LogP contribution < -0.4 is 9.47 Å². The second kappa shape index (κ2) is 5.31. The Balaban J connectivity index is 2.12. The second-order valence-electron chi connectivity index (χ2n) is 3.76. The standard InChI is InChI=1S/C12H14O4S/c1-15-9-6-11-10(16-7-17-11)5-8(9)3-2-4-12(13)14/h5-6H,2-4,7H2,1H3,(H,13,14). The summed E-state index contributed by atoms with van der Waals surface area (Å²) < 4.78 is 10.8. The van der Waals surface area contributed by atoms with Gasteiger partial charge in [-0.15, -0.1) is 0 Å². The molecule has 4 nitrogen and oxygen atoms in total. The fraction of sp³-hybridized carbons (Fsp3) is 0.417. The minimum absolute atomic E-state index is 0.176. The van der Waals surface area contributed by atoms with E-state index in [4.69, 9.17) is 14.6 Å². The molecule has 2 rings (SSSR count). The molecule has 1 aliphatic rings. The first-order valence-electron chi connectivity index (χ1n) is 5.39. The summed E-state index contributed by atoms with van der Waals surface area (Å²) in [6, 6.07) is 3.92. The predicted octanol–water partition coefficient (Wildman–Crippen LogP) is 2.54. The van der Waals surface area contributed by atoms with E-state index in [1.807, 2.05) is 12.1 Å². The summed E-state index contributed by atoms with van der Waals surface area (Å²) in [6.07, 6.45) is 1.48. The highest BCUT2D eigenvalue weighted by Crippen LogP contribution is 2.40. The van der Waals surface area contributed by atoms with E-state index < -0.39 is 5.97 Å². The number of rotatable bonds is 5. The molecule has 0 atom stereocenters. The number of aryl methyl sites for hydroxylation is 1. The molecule has 0 fully saturated rings. The number of fused-ring (bicyclic) bond motifs is 1. The quantitative estimate of drug-likeness (QED) is 0.875. The minimum Gasteiger partial charge on any atom is -0.496 e. The maximum Gasteiger partial charge on any atom is 0.303 e. The van der Waals surface area contributed by atoms with Crippen molar-refractivity contribution in [1.29, 1.82) is 0 Å². The Morgan fingerprint density at radius 2 is 2.41 bits per heavy atom. The van der Waals surface area contributed by atoms with E-state index in [0.717, 1.165) is 22.0 Å². The number of hydrogen-bond acceptors (Lipinski definition) is 4. The summed E-state index contributed by atoms with van der Waals surface area (Å²) in [4.78, 5) is 11.6. The Morgan fingerprint density at radius 3 is 3.12 bits per heavy atom. The number of aliphatic carboxylic acids is 1. The SMILES string of the molecule is COc1cc2c(cc1CCCC(=O)O)OCS2. The van der Waals surface area contributed by atoms with Crippen LogP contribution in [0.1, 0.15) is 18.4 Å². The van der Waals surface area contributed by atoms with Crippen LogP contribution in [0.5, 0.6) is 11.5 Å². The average molecular weight is 254 g/mol. The van der Waals surface area contributed by atoms with Gasteiger partial charge in [-0.1, -0.05) is 11.8 Å². The van der Waals surface area contributed by atoms with Crippen LogP contribution >= 0.6 is 11.8 Å². The fourth-order valence-electron chi connectivity index (χ4n) is 1.78. The van der Waals surface area contributed by atoms with Gasteiger partial charge in [-0.05, 0) is 30.5 Å². The molecule has 0 unspecified atom stereocenters.